The van der Waals surface area contributed by atoms with Gasteiger partial charge in [-0.3, -0.25) is 4.79 Å². The average molecular weight is 588 g/mol. The van der Waals surface area contributed by atoms with Crippen molar-refractivity contribution in [2.75, 3.05) is 13.7 Å². The van der Waals surface area contributed by atoms with E-state index in [0.29, 0.717) is 52.0 Å². The highest BCUT2D eigenvalue weighted by molar-refractivity contribution is 6.00. The molecule has 0 spiro atoms. The van der Waals surface area contributed by atoms with Crippen molar-refractivity contribution < 1.29 is 14.6 Å². The number of likely N-dealkylation sites (tertiary alicyclic amines) is 1. The molecular formula is C34H33N7O3. The number of aryl methyl sites for hydroxylation is 1. The van der Waals surface area contributed by atoms with Crippen LogP contribution < -0.4 is 10.5 Å². The van der Waals surface area contributed by atoms with Gasteiger partial charge in [0.15, 0.2) is 5.82 Å². The predicted molar refractivity (Wildman–Crippen MR) is 166 cm³/mol. The molecule has 4 heterocycles. The van der Waals surface area contributed by atoms with Crippen LogP contribution in [0.25, 0.3) is 44.8 Å². The number of benzene rings is 2. The molecular weight excluding hydrogens is 554 g/mol. The van der Waals surface area contributed by atoms with Crippen molar-refractivity contribution in [1.82, 2.24) is 24.0 Å². The maximum Gasteiger partial charge on any atom is 0.254 e. The molecule has 10 nitrogen and oxygen atoms in total. The summed E-state index contributed by atoms with van der Waals surface area (Å²) in [6.07, 6.45) is 4.36. The van der Waals surface area contributed by atoms with Gasteiger partial charge in [-0.1, -0.05) is 0 Å². The van der Waals surface area contributed by atoms with Gasteiger partial charge < -0.3 is 29.6 Å². The van der Waals surface area contributed by atoms with E-state index in [1.165, 1.54) is 6.07 Å². The first-order chi connectivity index (χ1) is 21.3. The lowest BCUT2D eigenvalue weighted by Gasteiger charge is -2.27. The van der Waals surface area contributed by atoms with E-state index in [-0.39, 0.29) is 23.7 Å². The first-order valence-corrected chi connectivity index (χ1v) is 15.2. The fourth-order valence-corrected chi connectivity index (χ4v) is 7.28. The lowest BCUT2D eigenvalue weighted by molar-refractivity contribution is 0.0700. The molecule has 2 bridgehead atoms. The number of methoxy groups -OCH3 is 1. The summed E-state index contributed by atoms with van der Waals surface area (Å²) in [6, 6.07) is 16.7. The maximum atomic E-state index is 13.7. The number of rotatable bonds is 6. The van der Waals surface area contributed by atoms with E-state index < -0.39 is 0 Å². The van der Waals surface area contributed by atoms with Gasteiger partial charge in [0.1, 0.15) is 22.7 Å². The number of piperidine rings is 1. The molecule has 3 fully saturated rings. The first-order valence-electron chi connectivity index (χ1n) is 15.2. The van der Waals surface area contributed by atoms with Crippen molar-refractivity contribution in [3.05, 3.63) is 59.7 Å². The number of phenols is 1. The number of amides is 1. The number of nitrogens with zero attached hydrogens (tertiary/aromatic N) is 6. The maximum absolute atomic E-state index is 13.7. The van der Waals surface area contributed by atoms with Gasteiger partial charge >= 0.3 is 0 Å². The van der Waals surface area contributed by atoms with Crippen LogP contribution in [0.3, 0.4) is 0 Å². The number of hydrogen-bond donors (Lipinski definition) is 2. The molecule has 3 aliphatic rings. The van der Waals surface area contributed by atoms with Crippen molar-refractivity contribution in [2.45, 2.75) is 44.3 Å². The van der Waals surface area contributed by atoms with Gasteiger partial charge in [0.05, 0.1) is 35.6 Å². The van der Waals surface area contributed by atoms with Gasteiger partial charge in [-0.05, 0) is 86.1 Å². The van der Waals surface area contributed by atoms with Crippen LogP contribution in [-0.2, 0) is 13.6 Å². The normalized spacial score (nSPS) is 21.0. The Morgan fingerprint density at radius 2 is 1.95 bits per heavy atom. The second kappa shape index (κ2) is 9.82. The zero-order valence-corrected chi connectivity index (χ0v) is 24.7. The Kier molecular flexibility index (Phi) is 5.97. The molecule has 2 aliphatic carbocycles. The third kappa shape index (κ3) is 4.07. The second-order valence-corrected chi connectivity index (χ2v) is 12.5. The lowest BCUT2D eigenvalue weighted by Crippen LogP contribution is -2.41. The molecule has 3 aromatic heterocycles. The number of hydrogen-bond acceptors (Lipinski definition) is 7. The fraction of sp³-hybridized carbons (Fsp3) is 0.353. The molecule has 2 aromatic carbocycles. The minimum atomic E-state index is -0.0247. The number of imidazole rings is 1. The van der Waals surface area contributed by atoms with Crippen molar-refractivity contribution >= 4 is 28.0 Å². The van der Waals surface area contributed by atoms with Crippen LogP contribution in [0.5, 0.6) is 11.5 Å². The van der Waals surface area contributed by atoms with E-state index in [4.69, 9.17) is 20.4 Å². The van der Waals surface area contributed by atoms with Crippen LogP contribution in [0.1, 0.15) is 41.6 Å². The minimum Gasteiger partial charge on any atom is -0.507 e. The van der Waals surface area contributed by atoms with Crippen molar-refractivity contribution in [3.8, 4) is 40.3 Å². The molecule has 3 atom stereocenters. The molecule has 1 aliphatic heterocycles. The number of pyridine rings is 1. The summed E-state index contributed by atoms with van der Waals surface area (Å²) in [7, 11) is 3.59. The average Bonchev–Trinajstić information content (AvgIpc) is 3.44. The molecule has 3 N–H and O–H groups in total. The van der Waals surface area contributed by atoms with E-state index in [1.807, 2.05) is 40.8 Å². The van der Waals surface area contributed by atoms with Gasteiger partial charge in [-0.2, -0.15) is 5.26 Å². The van der Waals surface area contributed by atoms with Crippen LogP contribution >= 0.6 is 0 Å². The summed E-state index contributed by atoms with van der Waals surface area (Å²) in [5, 5.41) is 21.0. The van der Waals surface area contributed by atoms with Crippen LogP contribution in [-0.4, -0.2) is 60.8 Å². The Labute approximate surface area is 254 Å². The third-order valence-corrected chi connectivity index (χ3v) is 9.83. The smallest absolute Gasteiger partial charge is 0.254 e. The number of nitriles is 1. The number of ether oxygens (including phenoxy) is 1. The highest BCUT2D eigenvalue weighted by Gasteiger charge is 2.47. The molecule has 1 saturated heterocycles. The van der Waals surface area contributed by atoms with E-state index in [2.05, 4.69) is 16.7 Å². The topological polar surface area (TPSA) is 135 Å². The van der Waals surface area contributed by atoms with Crippen molar-refractivity contribution in [1.29, 1.82) is 5.26 Å². The summed E-state index contributed by atoms with van der Waals surface area (Å²) < 4.78 is 10.1. The van der Waals surface area contributed by atoms with Gasteiger partial charge in [-0.25, -0.2) is 9.97 Å². The second-order valence-electron chi connectivity index (χ2n) is 12.5. The van der Waals surface area contributed by atoms with Crippen LogP contribution in [0.15, 0.2) is 48.5 Å². The van der Waals surface area contributed by atoms with Crippen molar-refractivity contribution in [2.24, 2.45) is 24.6 Å². The quantitative estimate of drug-likeness (QED) is 0.291. The third-order valence-electron chi connectivity index (χ3n) is 9.83. The fourth-order valence-electron chi connectivity index (χ4n) is 7.28. The Hall–Kier alpha value is -4.88. The zero-order chi connectivity index (χ0) is 30.3. The van der Waals surface area contributed by atoms with Gasteiger partial charge in [0.25, 0.3) is 5.91 Å². The number of phenolic OH excluding ortho intramolecular Hbond substituents is 1. The van der Waals surface area contributed by atoms with Crippen LogP contribution in [0, 0.1) is 23.2 Å². The molecule has 8 rings (SSSR count). The summed E-state index contributed by atoms with van der Waals surface area (Å²) >= 11 is 0. The number of aromatic nitrogens is 4. The largest absolute Gasteiger partial charge is 0.507 e. The predicted octanol–water partition coefficient (Wildman–Crippen LogP) is 4.81. The van der Waals surface area contributed by atoms with E-state index in [0.717, 1.165) is 60.3 Å². The molecule has 5 aromatic rings. The summed E-state index contributed by atoms with van der Waals surface area (Å²) in [6.45, 7) is 1.49. The molecule has 0 radical (unpaired) electrons. The standard InChI is InChI=1S/C34H33N7O3/c1-39-31-25(12-22(14-29(31)44-2)34(43)41-17-21-7-9-26(41)30(21)36)38-33(39)27-13-20-6-8-24(23-11-19(15-35)5-10-28(23)42)37-32(20)40(27)16-18-3-4-18/h5-6,8,10-14,18,21,26,30,42H,3-4,7,9,16-17,36H2,1-2H3/t21?,26?,30-/m1/s1. The Morgan fingerprint density at radius 3 is 2.66 bits per heavy atom. The van der Waals surface area contributed by atoms with Crippen molar-refractivity contribution in [3.63, 3.8) is 0 Å². The Bertz CT molecular complexity index is 2030. The van der Waals surface area contributed by atoms with E-state index in [1.54, 1.807) is 19.2 Å². The molecule has 222 valence electrons. The first kappa shape index (κ1) is 26.7. The number of carbonyl (C=O) groups is 1. The zero-order valence-electron chi connectivity index (χ0n) is 24.7. The van der Waals surface area contributed by atoms with Gasteiger partial charge in [0, 0.05) is 48.7 Å². The SMILES string of the molecule is COc1cc(C(=O)N2CC3CCC2[C@@H]3N)cc2nc(-c3cc4ccc(-c5cc(C#N)ccc5O)nc4n3CC3CC3)n(C)c12. The monoisotopic (exact) mass is 587 g/mol. The van der Waals surface area contributed by atoms with Crippen LogP contribution in [0.4, 0.5) is 0 Å². The van der Waals surface area contributed by atoms with Crippen LogP contribution in [0.2, 0.25) is 0 Å². The molecule has 2 saturated carbocycles. The molecule has 2 unspecified atom stereocenters. The highest BCUT2D eigenvalue weighted by atomic mass is 16.5. The number of nitrogens with two attached hydrogens (primary N) is 1. The Morgan fingerprint density at radius 1 is 1.11 bits per heavy atom. The highest BCUT2D eigenvalue weighted by Crippen LogP contribution is 2.40. The van der Waals surface area contributed by atoms with E-state index >= 15 is 0 Å². The number of fused-ring (bicyclic) bond motifs is 4. The minimum absolute atomic E-state index is 0.0247. The summed E-state index contributed by atoms with van der Waals surface area (Å²) in [5.74, 6) is 2.33. The summed E-state index contributed by atoms with van der Waals surface area (Å²) in [4.78, 5) is 25.7. The van der Waals surface area contributed by atoms with E-state index in [9.17, 15) is 15.2 Å². The number of carbonyl (C=O) groups excluding carboxylic acids is 1. The van der Waals surface area contributed by atoms with Gasteiger partial charge in [0.2, 0.25) is 0 Å². The summed E-state index contributed by atoms with van der Waals surface area (Å²) in [5.41, 5.74) is 11.8. The molecule has 10 heteroatoms. The lowest BCUT2D eigenvalue weighted by atomic mass is 10.1. The molecule has 1 amide bonds. The molecule has 44 heavy (non-hydrogen) atoms. The Balaban J connectivity index is 1.25. The van der Waals surface area contributed by atoms with Gasteiger partial charge in [-0.15, -0.1) is 0 Å². The number of aromatic hydroxyl groups is 1.